The van der Waals surface area contributed by atoms with Gasteiger partial charge in [0.1, 0.15) is 13.2 Å². The van der Waals surface area contributed by atoms with Gasteiger partial charge in [-0.05, 0) is 14.0 Å². The minimum Gasteiger partial charge on any atom is -0.480 e. The van der Waals surface area contributed by atoms with Crippen LogP contribution in [0, 0.1) is 0 Å². The molecule has 0 saturated carbocycles. The summed E-state index contributed by atoms with van der Waals surface area (Å²) < 4.78 is 4.78. The molecule has 0 aromatic heterocycles. The predicted octanol–water partition coefficient (Wildman–Crippen LogP) is -0.750. The Kier molecular flexibility index (Phi) is 4.70. The van der Waals surface area contributed by atoms with Crippen molar-refractivity contribution in [2.24, 2.45) is 0 Å². The molecular formula is C10H18N2O4. The van der Waals surface area contributed by atoms with Crippen molar-refractivity contribution in [1.29, 1.82) is 0 Å². The summed E-state index contributed by atoms with van der Waals surface area (Å²) in [4.78, 5) is 25.8. The zero-order valence-corrected chi connectivity index (χ0v) is 9.68. The minimum absolute atomic E-state index is 0.137. The predicted molar refractivity (Wildman–Crippen MR) is 57.1 cm³/mol. The van der Waals surface area contributed by atoms with Crippen molar-refractivity contribution in [1.82, 2.24) is 9.80 Å². The van der Waals surface area contributed by atoms with Crippen LogP contribution in [0.15, 0.2) is 0 Å². The van der Waals surface area contributed by atoms with E-state index in [0.29, 0.717) is 6.54 Å². The van der Waals surface area contributed by atoms with E-state index in [0.717, 1.165) is 13.1 Å². The number of hydrogen-bond acceptors (Lipinski definition) is 4. The summed E-state index contributed by atoms with van der Waals surface area (Å²) in [6.07, 6.45) is 0. The van der Waals surface area contributed by atoms with Crippen LogP contribution < -0.4 is 0 Å². The van der Waals surface area contributed by atoms with E-state index in [1.165, 1.54) is 0 Å². The molecule has 1 aliphatic heterocycles. The number of piperazine rings is 1. The van der Waals surface area contributed by atoms with Crippen LogP contribution in [0.4, 0.5) is 0 Å². The first-order chi connectivity index (χ1) is 7.50. The monoisotopic (exact) mass is 230 g/mol. The maximum absolute atomic E-state index is 11.7. The fourth-order valence-electron chi connectivity index (χ4n) is 1.82. The lowest BCUT2D eigenvalue weighted by Gasteiger charge is -2.38. The van der Waals surface area contributed by atoms with Gasteiger partial charge >= 0.3 is 5.97 Å². The van der Waals surface area contributed by atoms with Crippen LogP contribution in [0.1, 0.15) is 6.92 Å². The van der Waals surface area contributed by atoms with Gasteiger partial charge in [-0.1, -0.05) is 0 Å². The number of carbonyl (C=O) groups excluding carboxylic acids is 1. The highest BCUT2D eigenvalue weighted by Gasteiger charge is 2.25. The lowest BCUT2D eigenvalue weighted by molar-refractivity contribution is -0.147. The van der Waals surface area contributed by atoms with Gasteiger partial charge in [0, 0.05) is 25.7 Å². The fraction of sp³-hybridized carbons (Fsp3) is 0.800. The van der Waals surface area contributed by atoms with E-state index in [9.17, 15) is 9.59 Å². The lowest BCUT2D eigenvalue weighted by Crippen LogP contribution is -2.53. The zero-order valence-electron chi connectivity index (χ0n) is 9.68. The molecule has 1 amide bonds. The zero-order chi connectivity index (χ0) is 12.1. The van der Waals surface area contributed by atoms with E-state index >= 15 is 0 Å². The second kappa shape index (κ2) is 5.81. The first-order valence-corrected chi connectivity index (χ1v) is 5.28. The molecule has 1 aliphatic rings. The molecule has 0 radical (unpaired) electrons. The summed E-state index contributed by atoms with van der Waals surface area (Å²) in [5.74, 6) is -1.19. The molecule has 1 unspecified atom stereocenters. The molecule has 1 fully saturated rings. The second-order valence-corrected chi connectivity index (χ2v) is 4.08. The van der Waals surface area contributed by atoms with Gasteiger partial charge in [0.05, 0.1) is 0 Å². The number of carbonyl (C=O) groups is 2. The van der Waals surface area contributed by atoms with Crippen molar-refractivity contribution < 1.29 is 19.4 Å². The fourth-order valence-corrected chi connectivity index (χ4v) is 1.82. The van der Waals surface area contributed by atoms with Crippen LogP contribution in [0.25, 0.3) is 0 Å². The van der Waals surface area contributed by atoms with Crippen LogP contribution in [0.3, 0.4) is 0 Å². The maximum atomic E-state index is 11.7. The number of amides is 1. The lowest BCUT2D eigenvalue weighted by atomic mass is 10.2. The Morgan fingerprint density at radius 1 is 1.38 bits per heavy atom. The molecular weight excluding hydrogens is 212 g/mol. The van der Waals surface area contributed by atoms with Gasteiger partial charge in [-0.2, -0.15) is 0 Å². The molecule has 1 heterocycles. The van der Waals surface area contributed by atoms with Crippen molar-refractivity contribution in [2.45, 2.75) is 13.0 Å². The number of rotatable bonds is 4. The standard InChI is InChI=1S/C10H18N2O4/c1-8-5-11(2)3-4-12(8)9(13)6-16-7-10(14)15/h8H,3-7H2,1-2H3,(H,14,15). The highest BCUT2D eigenvalue weighted by molar-refractivity contribution is 5.78. The van der Waals surface area contributed by atoms with Crippen LogP contribution in [-0.4, -0.2) is 72.7 Å². The molecule has 1 atom stereocenters. The Morgan fingerprint density at radius 2 is 2.06 bits per heavy atom. The van der Waals surface area contributed by atoms with Crippen LogP contribution in [-0.2, 0) is 14.3 Å². The molecule has 16 heavy (non-hydrogen) atoms. The van der Waals surface area contributed by atoms with Gasteiger partial charge in [0.15, 0.2) is 0 Å². The van der Waals surface area contributed by atoms with Gasteiger partial charge in [-0.3, -0.25) is 4.79 Å². The van der Waals surface area contributed by atoms with Crippen molar-refractivity contribution in [3.8, 4) is 0 Å². The highest BCUT2D eigenvalue weighted by atomic mass is 16.5. The number of ether oxygens (including phenoxy) is 1. The number of carboxylic acid groups (broad SMARTS) is 1. The Bertz CT molecular complexity index is 270. The summed E-state index contributed by atoms with van der Waals surface area (Å²) in [6.45, 7) is 3.76. The van der Waals surface area contributed by atoms with Crippen molar-refractivity contribution in [3.63, 3.8) is 0 Å². The van der Waals surface area contributed by atoms with Gasteiger partial charge in [0.25, 0.3) is 0 Å². The third kappa shape index (κ3) is 3.79. The number of hydrogen-bond donors (Lipinski definition) is 1. The normalized spacial score (nSPS) is 22.1. The quantitative estimate of drug-likeness (QED) is 0.688. The molecule has 1 N–H and O–H groups in total. The second-order valence-electron chi connectivity index (χ2n) is 4.08. The van der Waals surface area contributed by atoms with Crippen LogP contribution >= 0.6 is 0 Å². The number of aliphatic carboxylic acids is 1. The first kappa shape index (κ1) is 12.9. The van der Waals surface area contributed by atoms with E-state index in [-0.39, 0.29) is 18.6 Å². The van der Waals surface area contributed by atoms with E-state index in [2.05, 4.69) is 4.90 Å². The SMILES string of the molecule is CC1CN(C)CCN1C(=O)COCC(=O)O. The molecule has 6 nitrogen and oxygen atoms in total. The van der Waals surface area contributed by atoms with Gasteiger partial charge in [0.2, 0.25) is 5.91 Å². The summed E-state index contributed by atoms with van der Waals surface area (Å²) in [6, 6.07) is 0.152. The van der Waals surface area contributed by atoms with Crippen LogP contribution in [0.2, 0.25) is 0 Å². The third-order valence-corrected chi connectivity index (χ3v) is 2.60. The van der Waals surface area contributed by atoms with Crippen LogP contribution in [0.5, 0.6) is 0 Å². The van der Waals surface area contributed by atoms with E-state index in [1.807, 2.05) is 14.0 Å². The molecule has 0 bridgehead atoms. The van der Waals surface area contributed by atoms with Gasteiger partial charge < -0.3 is 19.6 Å². The first-order valence-electron chi connectivity index (χ1n) is 5.28. The summed E-state index contributed by atoms with van der Waals surface area (Å²) in [7, 11) is 2.01. The smallest absolute Gasteiger partial charge is 0.329 e. The average Bonchev–Trinajstić information content (AvgIpc) is 2.16. The molecule has 0 aromatic carbocycles. The van der Waals surface area contributed by atoms with Crippen molar-refractivity contribution in [3.05, 3.63) is 0 Å². The minimum atomic E-state index is -1.06. The topological polar surface area (TPSA) is 70.1 Å². The molecule has 1 rings (SSSR count). The Balaban J connectivity index is 2.33. The summed E-state index contributed by atoms with van der Waals surface area (Å²) in [5.41, 5.74) is 0. The van der Waals surface area contributed by atoms with E-state index < -0.39 is 12.6 Å². The molecule has 0 spiro atoms. The summed E-state index contributed by atoms with van der Waals surface area (Å²) >= 11 is 0. The third-order valence-electron chi connectivity index (χ3n) is 2.60. The van der Waals surface area contributed by atoms with Gasteiger partial charge in [-0.15, -0.1) is 0 Å². The number of likely N-dealkylation sites (N-methyl/N-ethyl adjacent to an activating group) is 1. The highest BCUT2D eigenvalue weighted by Crippen LogP contribution is 2.07. The molecule has 92 valence electrons. The average molecular weight is 230 g/mol. The Labute approximate surface area is 94.8 Å². The largest absolute Gasteiger partial charge is 0.480 e. The molecule has 0 aromatic rings. The van der Waals surface area contributed by atoms with Crippen molar-refractivity contribution in [2.75, 3.05) is 39.9 Å². The van der Waals surface area contributed by atoms with Gasteiger partial charge in [-0.25, -0.2) is 4.79 Å². The summed E-state index contributed by atoms with van der Waals surface area (Å²) in [5, 5.41) is 8.37. The maximum Gasteiger partial charge on any atom is 0.329 e. The molecule has 6 heteroatoms. The van der Waals surface area contributed by atoms with E-state index in [4.69, 9.17) is 9.84 Å². The Hall–Kier alpha value is -1.14. The molecule has 1 saturated heterocycles. The van der Waals surface area contributed by atoms with E-state index in [1.54, 1.807) is 4.90 Å². The van der Waals surface area contributed by atoms with Crippen molar-refractivity contribution >= 4 is 11.9 Å². The Morgan fingerprint density at radius 3 is 2.62 bits per heavy atom. The number of nitrogens with zero attached hydrogens (tertiary/aromatic N) is 2. The number of carboxylic acids is 1. The molecule has 0 aliphatic carbocycles.